The number of nitriles is 1. The van der Waals surface area contributed by atoms with Gasteiger partial charge in [0.1, 0.15) is 0 Å². The normalized spacial score (nSPS) is 9.82. The average molecular weight is 143 g/mol. The van der Waals surface area contributed by atoms with Crippen LogP contribution in [0.3, 0.4) is 0 Å². The number of rotatable bonds is 1. The van der Waals surface area contributed by atoms with Crippen molar-refractivity contribution < 1.29 is 0 Å². The maximum absolute atomic E-state index is 8.26. The molecular weight excluding hydrogens is 134 g/mol. The molecule has 1 nitrogen and oxygen atoms in total. The summed E-state index contributed by atoms with van der Waals surface area (Å²) in [7, 11) is 0. The van der Waals surface area contributed by atoms with Gasteiger partial charge in [0, 0.05) is 6.08 Å². The second-order valence-electron chi connectivity index (χ2n) is 2.38. The second kappa shape index (κ2) is 3.58. The minimum atomic E-state index is 1.08. The lowest BCUT2D eigenvalue weighted by Gasteiger charge is -1.92. The van der Waals surface area contributed by atoms with Crippen molar-refractivity contribution in [2.75, 3.05) is 0 Å². The maximum atomic E-state index is 8.26. The summed E-state index contributed by atoms with van der Waals surface area (Å²) in [5, 5.41) is 8.26. The Bertz CT molecular complexity index is 305. The molecule has 11 heavy (non-hydrogen) atoms. The summed E-state index contributed by atoms with van der Waals surface area (Å²) in [6.45, 7) is 2.03. The molecule has 0 radical (unpaired) electrons. The van der Waals surface area contributed by atoms with E-state index in [1.165, 1.54) is 11.6 Å². The summed E-state index contributed by atoms with van der Waals surface area (Å²) in [6.07, 6.45) is 3.28. The molecule has 0 saturated heterocycles. The van der Waals surface area contributed by atoms with Crippen molar-refractivity contribution in [2.24, 2.45) is 0 Å². The Kier molecular flexibility index (Phi) is 2.46. The number of aryl methyl sites for hydroxylation is 1. The van der Waals surface area contributed by atoms with E-state index < -0.39 is 0 Å². The fourth-order valence-electron chi connectivity index (χ4n) is 0.907. The third-order valence-corrected chi connectivity index (χ3v) is 1.39. The van der Waals surface area contributed by atoms with Crippen LogP contribution in [0.4, 0.5) is 0 Å². The first-order chi connectivity index (χ1) is 5.33. The maximum Gasteiger partial charge on any atom is 0.0912 e. The second-order valence-corrected chi connectivity index (χ2v) is 2.38. The number of allylic oxidation sites excluding steroid dienone is 1. The molecule has 0 aliphatic rings. The van der Waals surface area contributed by atoms with E-state index in [1.54, 1.807) is 6.08 Å². The summed E-state index contributed by atoms with van der Waals surface area (Å²) in [4.78, 5) is 0. The van der Waals surface area contributed by atoms with E-state index in [0.717, 1.165) is 5.56 Å². The minimum Gasteiger partial charge on any atom is -0.193 e. The standard InChI is InChI=1S/C10H9N/c1-9-4-2-5-10(8-9)6-3-7-11/h2-6,8H,1H3. The molecule has 0 spiro atoms. The monoisotopic (exact) mass is 143 g/mol. The van der Waals surface area contributed by atoms with E-state index in [4.69, 9.17) is 5.26 Å². The predicted molar refractivity (Wildman–Crippen MR) is 45.8 cm³/mol. The molecule has 0 aliphatic carbocycles. The average Bonchev–Trinajstić information content (AvgIpc) is 2.01. The molecule has 1 rings (SSSR count). The van der Waals surface area contributed by atoms with Crippen molar-refractivity contribution in [1.82, 2.24) is 0 Å². The molecule has 1 aromatic carbocycles. The Morgan fingerprint density at radius 2 is 2.27 bits per heavy atom. The van der Waals surface area contributed by atoms with Crippen LogP contribution in [0.25, 0.3) is 6.08 Å². The van der Waals surface area contributed by atoms with Gasteiger partial charge in [0.25, 0.3) is 0 Å². The number of benzene rings is 1. The molecule has 0 bridgehead atoms. The molecule has 0 aliphatic heterocycles. The van der Waals surface area contributed by atoms with Gasteiger partial charge < -0.3 is 0 Å². The molecule has 0 amide bonds. The van der Waals surface area contributed by atoms with E-state index in [2.05, 4.69) is 0 Å². The summed E-state index contributed by atoms with van der Waals surface area (Å²) in [6, 6.07) is 9.97. The zero-order valence-corrected chi connectivity index (χ0v) is 6.41. The van der Waals surface area contributed by atoms with E-state index in [-0.39, 0.29) is 0 Å². The van der Waals surface area contributed by atoms with Crippen LogP contribution < -0.4 is 0 Å². The minimum absolute atomic E-state index is 1.08. The first kappa shape index (κ1) is 7.56. The van der Waals surface area contributed by atoms with Crippen molar-refractivity contribution >= 4 is 6.08 Å². The lowest BCUT2D eigenvalue weighted by atomic mass is 10.1. The largest absolute Gasteiger partial charge is 0.193 e. The van der Waals surface area contributed by atoms with Gasteiger partial charge in [-0.3, -0.25) is 0 Å². The van der Waals surface area contributed by atoms with Crippen LogP contribution in [0.2, 0.25) is 0 Å². The van der Waals surface area contributed by atoms with Crippen LogP contribution in [-0.4, -0.2) is 0 Å². The van der Waals surface area contributed by atoms with Gasteiger partial charge in [0.2, 0.25) is 0 Å². The van der Waals surface area contributed by atoms with Crippen LogP contribution >= 0.6 is 0 Å². The third-order valence-electron chi connectivity index (χ3n) is 1.39. The van der Waals surface area contributed by atoms with Crippen LogP contribution in [0, 0.1) is 18.3 Å². The van der Waals surface area contributed by atoms with Gasteiger partial charge in [-0.2, -0.15) is 5.26 Å². The van der Waals surface area contributed by atoms with Gasteiger partial charge in [-0.25, -0.2) is 0 Å². The molecule has 0 N–H and O–H groups in total. The smallest absolute Gasteiger partial charge is 0.0912 e. The van der Waals surface area contributed by atoms with Crippen LogP contribution in [0.1, 0.15) is 11.1 Å². The highest BCUT2D eigenvalue weighted by atomic mass is 14.2. The topological polar surface area (TPSA) is 23.8 Å². The van der Waals surface area contributed by atoms with Crippen molar-refractivity contribution in [3.05, 3.63) is 41.5 Å². The fourth-order valence-corrected chi connectivity index (χ4v) is 0.907. The quantitative estimate of drug-likeness (QED) is 0.554. The third kappa shape index (κ3) is 2.27. The lowest BCUT2D eigenvalue weighted by Crippen LogP contribution is -1.73. The Balaban J connectivity index is 2.90. The summed E-state index contributed by atoms with van der Waals surface area (Å²) < 4.78 is 0. The summed E-state index contributed by atoms with van der Waals surface area (Å²) in [5.74, 6) is 0. The van der Waals surface area contributed by atoms with E-state index in [1.807, 2.05) is 37.3 Å². The SMILES string of the molecule is Cc1cccc(C=CC#N)c1. The zero-order chi connectivity index (χ0) is 8.10. The predicted octanol–water partition coefficient (Wildman–Crippen LogP) is 2.53. The molecular formula is C10H9N. The summed E-state index contributed by atoms with van der Waals surface area (Å²) >= 11 is 0. The molecule has 0 atom stereocenters. The first-order valence-electron chi connectivity index (χ1n) is 3.46. The molecule has 54 valence electrons. The molecule has 1 heteroatoms. The number of nitrogens with zero attached hydrogens (tertiary/aromatic N) is 1. The highest BCUT2D eigenvalue weighted by molar-refractivity contribution is 5.52. The lowest BCUT2D eigenvalue weighted by molar-refractivity contribution is 1.46. The van der Waals surface area contributed by atoms with Gasteiger partial charge in [-0.15, -0.1) is 0 Å². The van der Waals surface area contributed by atoms with E-state index >= 15 is 0 Å². The van der Waals surface area contributed by atoms with E-state index in [9.17, 15) is 0 Å². The highest BCUT2D eigenvalue weighted by Crippen LogP contribution is 2.04. The molecule has 0 fully saturated rings. The zero-order valence-electron chi connectivity index (χ0n) is 6.41. The van der Waals surface area contributed by atoms with Crippen molar-refractivity contribution in [3.8, 4) is 6.07 Å². The molecule has 0 heterocycles. The van der Waals surface area contributed by atoms with Crippen LogP contribution in [0.5, 0.6) is 0 Å². The molecule has 0 unspecified atom stereocenters. The molecule has 1 aromatic rings. The van der Waals surface area contributed by atoms with Gasteiger partial charge >= 0.3 is 0 Å². The highest BCUT2D eigenvalue weighted by Gasteiger charge is 1.85. The van der Waals surface area contributed by atoms with Gasteiger partial charge in [-0.1, -0.05) is 29.8 Å². The van der Waals surface area contributed by atoms with E-state index in [0.29, 0.717) is 0 Å². The molecule has 0 saturated carbocycles. The summed E-state index contributed by atoms with van der Waals surface area (Å²) in [5.41, 5.74) is 2.29. The first-order valence-corrected chi connectivity index (χ1v) is 3.46. The Morgan fingerprint density at radius 1 is 1.45 bits per heavy atom. The van der Waals surface area contributed by atoms with Gasteiger partial charge in [0.15, 0.2) is 0 Å². The van der Waals surface area contributed by atoms with Crippen LogP contribution in [-0.2, 0) is 0 Å². The van der Waals surface area contributed by atoms with Crippen molar-refractivity contribution in [2.45, 2.75) is 6.92 Å². The van der Waals surface area contributed by atoms with Crippen molar-refractivity contribution in [3.63, 3.8) is 0 Å². The Hall–Kier alpha value is -1.55. The van der Waals surface area contributed by atoms with Crippen molar-refractivity contribution in [1.29, 1.82) is 5.26 Å². The van der Waals surface area contributed by atoms with Gasteiger partial charge in [-0.05, 0) is 18.6 Å². The number of hydrogen-bond donors (Lipinski definition) is 0. The fraction of sp³-hybridized carbons (Fsp3) is 0.100. The molecule has 0 aromatic heterocycles. The van der Waals surface area contributed by atoms with Crippen LogP contribution in [0.15, 0.2) is 30.3 Å². The Labute approximate surface area is 66.6 Å². The van der Waals surface area contributed by atoms with Gasteiger partial charge in [0.05, 0.1) is 6.07 Å². The Morgan fingerprint density at radius 3 is 2.91 bits per heavy atom. The number of hydrogen-bond acceptors (Lipinski definition) is 1.